The minimum atomic E-state index is -5.33. The first kappa shape index (κ1) is 27.8. The van der Waals surface area contributed by atoms with Crippen LogP contribution in [0.5, 0.6) is 0 Å². The minimum absolute atomic E-state index is 0. The maximum Gasteiger partial charge on any atom is 1.00 e. The number of rotatable bonds is 6. The summed E-state index contributed by atoms with van der Waals surface area (Å²) in [5.41, 5.74) is 4.35. The number of phosphoric ester groups is 1. The van der Waals surface area contributed by atoms with Gasteiger partial charge in [0.05, 0.1) is 12.7 Å². The van der Waals surface area contributed by atoms with E-state index in [0.29, 0.717) is 0 Å². The van der Waals surface area contributed by atoms with E-state index in [1.165, 1.54) is 6.07 Å². The Morgan fingerprint density at radius 2 is 1.85 bits per heavy atom. The summed E-state index contributed by atoms with van der Waals surface area (Å²) in [5, 5.41) is 23.9. The summed E-state index contributed by atoms with van der Waals surface area (Å²) in [4.78, 5) is 41.1. The summed E-state index contributed by atoms with van der Waals surface area (Å²) in [7, 11) is -10.5. The zero-order valence-corrected chi connectivity index (χ0v) is 19.9. The second kappa shape index (κ2) is 10.7. The van der Waals surface area contributed by atoms with Gasteiger partial charge in [-0.05, 0) is 6.07 Å². The molecule has 1 aliphatic rings. The molecule has 0 bridgehead atoms. The molecular weight excluding hydrogens is 434 g/mol. The second-order valence-electron chi connectivity index (χ2n) is 4.87. The molecule has 27 heavy (non-hydrogen) atoms. The number of hydrogen-bond donors (Lipinski definition) is 4. The maximum absolute atomic E-state index is 12.0. The van der Waals surface area contributed by atoms with Crippen molar-refractivity contribution >= 4 is 21.5 Å². The number of anilines is 1. The molecule has 0 saturated carbocycles. The fourth-order valence-electron chi connectivity index (χ4n) is 2.01. The predicted octanol–water partition coefficient (Wildman–Crippen LogP) is -9.59. The molecule has 0 aliphatic carbocycles. The third kappa shape index (κ3) is 7.87. The van der Waals surface area contributed by atoms with E-state index in [4.69, 9.17) is 25.2 Å². The Balaban J connectivity index is 0.00000338. The summed E-state index contributed by atoms with van der Waals surface area (Å²) < 4.78 is 35.4. The van der Waals surface area contributed by atoms with E-state index in [1.807, 2.05) is 0 Å². The van der Waals surface area contributed by atoms with Gasteiger partial charge in [0.1, 0.15) is 12.0 Å². The van der Waals surface area contributed by atoms with E-state index < -0.39 is 52.5 Å². The Morgan fingerprint density at radius 1 is 1.26 bits per heavy atom. The first-order chi connectivity index (χ1) is 11.4. The first-order valence-electron chi connectivity index (χ1n) is 6.45. The molecule has 0 radical (unpaired) electrons. The summed E-state index contributed by atoms with van der Waals surface area (Å²) in [6, 6.07) is 1.19. The quantitative estimate of drug-likeness (QED) is 0.235. The van der Waals surface area contributed by atoms with E-state index >= 15 is 0 Å². The SMILES string of the molecule is Nc1ccn(C2OC(COP(=O)(O)OP(=O)(O)O)C([O-])C2[O-])c(=O)n1.[Na+].[Na+]. The number of phosphoric acid groups is 2. The minimum Gasteiger partial charge on any atom is -0.851 e. The summed E-state index contributed by atoms with van der Waals surface area (Å²) in [6.45, 7) is -0.978. The van der Waals surface area contributed by atoms with Crippen molar-refractivity contribution in [3.8, 4) is 0 Å². The Kier molecular flexibility index (Phi) is 11.1. The smallest absolute Gasteiger partial charge is 0.851 e. The molecule has 1 aromatic heterocycles. The van der Waals surface area contributed by atoms with Crippen molar-refractivity contribution in [1.82, 2.24) is 9.55 Å². The van der Waals surface area contributed by atoms with Crippen LogP contribution in [-0.2, 0) is 22.7 Å². The van der Waals surface area contributed by atoms with Gasteiger partial charge in [-0.2, -0.15) is 9.29 Å². The van der Waals surface area contributed by atoms with Gasteiger partial charge in [0, 0.05) is 6.20 Å². The molecule has 14 nitrogen and oxygen atoms in total. The number of nitrogen functional groups attached to an aromatic ring is 1. The van der Waals surface area contributed by atoms with Crippen molar-refractivity contribution in [3.63, 3.8) is 0 Å². The average Bonchev–Trinajstić information content (AvgIpc) is 2.71. The van der Waals surface area contributed by atoms with Crippen LogP contribution in [0.1, 0.15) is 6.23 Å². The van der Waals surface area contributed by atoms with Gasteiger partial charge in [-0.1, -0.05) is 6.10 Å². The van der Waals surface area contributed by atoms with Crippen molar-refractivity contribution in [2.45, 2.75) is 24.5 Å². The van der Waals surface area contributed by atoms with Gasteiger partial charge in [-0.3, -0.25) is 9.09 Å². The van der Waals surface area contributed by atoms with Crippen LogP contribution in [-0.4, -0.2) is 49.2 Å². The molecule has 5 N–H and O–H groups in total. The molecular formula is C9H13N3Na2O11P2. The largest absolute Gasteiger partial charge is 1.00 e. The topological polar surface area (TPSA) is 230 Å². The standard InChI is InChI=1S/C9H13N3O11P2.2Na/c10-5-1-2-12(9(15)11-5)8-7(14)6(13)4(22-8)3-21-25(19,20)23-24(16,17)18;;/h1-2,4,6-8H,3H2,(H,19,20)(H2,10,11,15)(H2,16,17,18);;/q-2;2*+1. The third-order valence-electron chi connectivity index (χ3n) is 3.02. The second-order valence-corrected chi connectivity index (χ2v) is 7.70. The monoisotopic (exact) mass is 447 g/mol. The average molecular weight is 447 g/mol. The number of hydrogen-bond acceptors (Lipinski definition) is 10. The Morgan fingerprint density at radius 3 is 2.37 bits per heavy atom. The van der Waals surface area contributed by atoms with Crippen molar-refractivity contribution in [2.75, 3.05) is 12.3 Å². The Labute approximate surface area is 196 Å². The molecule has 2 heterocycles. The van der Waals surface area contributed by atoms with E-state index in [1.54, 1.807) is 0 Å². The van der Waals surface area contributed by atoms with Crippen LogP contribution >= 0.6 is 15.6 Å². The number of aromatic nitrogens is 2. The molecule has 0 amide bonds. The predicted molar refractivity (Wildman–Crippen MR) is 73.3 cm³/mol. The molecule has 0 aromatic carbocycles. The molecule has 1 aliphatic heterocycles. The normalized spacial score (nSPS) is 27.3. The van der Waals surface area contributed by atoms with Gasteiger partial charge in [-0.15, -0.1) is 6.10 Å². The maximum atomic E-state index is 12.0. The van der Waals surface area contributed by atoms with Gasteiger partial charge < -0.3 is 35.4 Å². The number of nitrogens with zero attached hydrogens (tertiary/aromatic N) is 2. The zero-order valence-electron chi connectivity index (χ0n) is 14.1. The van der Waals surface area contributed by atoms with E-state index in [2.05, 4.69) is 13.8 Å². The third-order valence-corrected chi connectivity index (χ3v) is 5.17. The van der Waals surface area contributed by atoms with Crippen LogP contribution in [0.25, 0.3) is 0 Å². The van der Waals surface area contributed by atoms with E-state index in [0.717, 1.165) is 10.8 Å². The first-order valence-corrected chi connectivity index (χ1v) is 9.48. The fraction of sp³-hybridized carbons (Fsp3) is 0.556. The van der Waals surface area contributed by atoms with Gasteiger partial charge >= 0.3 is 80.4 Å². The van der Waals surface area contributed by atoms with E-state index in [-0.39, 0.29) is 64.9 Å². The van der Waals surface area contributed by atoms with Crippen LogP contribution in [0.4, 0.5) is 5.82 Å². The summed E-state index contributed by atoms with van der Waals surface area (Å²) in [5.74, 6) is -0.115. The Bertz CT molecular complexity index is 789. The fourth-order valence-corrected chi connectivity index (χ4v) is 3.61. The summed E-state index contributed by atoms with van der Waals surface area (Å²) in [6.07, 6.45) is -6.07. The van der Waals surface area contributed by atoms with Gasteiger partial charge in [0.15, 0.2) is 0 Å². The molecule has 18 heteroatoms. The molecule has 1 aromatic rings. The van der Waals surface area contributed by atoms with Crippen LogP contribution in [0.3, 0.4) is 0 Å². The molecule has 5 atom stereocenters. The van der Waals surface area contributed by atoms with E-state index in [9.17, 15) is 24.1 Å². The van der Waals surface area contributed by atoms with Gasteiger partial charge in [0.25, 0.3) is 0 Å². The van der Waals surface area contributed by atoms with Crippen LogP contribution in [0.15, 0.2) is 17.1 Å². The van der Waals surface area contributed by atoms with Crippen molar-refractivity contribution < 1.29 is 107 Å². The number of nitrogens with two attached hydrogens (primary N) is 1. The number of ether oxygens (including phenoxy) is 1. The molecule has 2 rings (SSSR count). The van der Waals surface area contributed by atoms with Crippen molar-refractivity contribution in [2.24, 2.45) is 0 Å². The van der Waals surface area contributed by atoms with Crippen LogP contribution < -0.4 is 80.8 Å². The zero-order chi connectivity index (χ0) is 19.0. The van der Waals surface area contributed by atoms with Crippen molar-refractivity contribution in [1.29, 1.82) is 0 Å². The molecule has 0 spiro atoms. The molecule has 142 valence electrons. The van der Waals surface area contributed by atoms with Gasteiger partial charge in [0.2, 0.25) is 0 Å². The van der Waals surface area contributed by atoms with Crippen molar-refractivity contribution in [3.05, 3.63) is 22.7 Å². The van der Waals surface area contributed by atoms with Crippen LogP contribution in [0.2, 0.25) is 0 Å². The summed E-state index contributed by atoms with van der Waals surface area (Å²) >= 11 is 0. The molecule has 5 unspecified atom stereocenters. The van der Waals surface area contributed by atoms with Gasteiger partial charge in [-0.25, -0.2) is 13.9 Å². The molecule has 1 saturated heterocycles. The Hall–Kier alpha value is 0.820. The van der Waals surface area contributed by atoms with Crippen LogP contribution in [0, 0.1) is 0 Å². The molecule has 1 fully saturated rings.